The zero-order valence-electron chi connectivity index (χ0n) is 9.31. The summed E-state index contributed by atoms with van der Waals surface area (Å²) in [7, 11) is 1.13. The topological polar surface area (TPSA) is 20.3 Å². The van der Waals surface area contributed by atoms with Crippen LogP contribution in [0, 0.1) is 6.92 Å². The molecule has 0 radical (unpaired) electrons. The van der Waals surface area contributed by atoms with E-state index in [1.165, 1.54) is 6.07 Å². The highest BCUT2D eigenvalue weighted by molar-refractivity contribution is 9.10. The van der Waals surface area contributed by atoms with Gasteiger partial charge in [-0.1, -0.05) is 6.07 Å². The molecule has 1 amide bonds. The standard InChI is InChI=1S/C11H11BrF3NO/c1-7-3-4-8(9(12)5-7)10(17)16(2)6-11(13,14)15/h3-5H,6H2,1-2H3. The van der Waals surface area contributed by atoms with E-state index in [-0.39, 0.29) is 5.56 Å². The number of hydrogen-bond acceptors (Lipinski definition) is 1. The molecule has 1 aromatic carbocycles. The Hall–Kier alpha value is -1.04. The summed E-state index contributed by atoms with van der Waals surface area (Å²) in [5.41, 5.74) is 1.15. The highest BCUT2D eigenvalue weighted by Gasteiger charge is 2.31. The van der Waals surface area contributed by atoms with Crippen molar-refractivity contribution in [2.75, 3.05) is 13.6 Å². The van der Waals surface area contributed by atoms with Crippen molar-refractivity contribution in [3.05, 3.63) is 33.8 Å². The number of benzene rings is 1. The van der Waals surface area contributed by atoms with E-state index in [2.05, 4.69) is 15.9 Å². The fraction of sp³-hybridized carbons (Fsp3) is 0.364. The van der Waals surface area contributed by atoms with Gasteiger partial charge < -0.3 is 4.90 Å². The van der Waals surface area contributed by atoms with Crippen molar-refractivity contribution in [2.24, 2.45) is 0 Å². The van der Waals surface area contributed by atoms with Gasteiger partial charge in [0.25, 0.3) is 5.91 Å². The minimum absolute atomic E-state index is 0.224. The maximum Gasteiger partial charge on any atom is 0.406 e. The normalized spacial score (nSPS) is 11.4. The van der Waals surface area contributed by atoms with Crippen molar-refractivity contribution in [3.8, 4) is 0 Å². The van der Waals surface area contributed by atoms with Crippen LogP contribution in [0.3, 0.4) is 0 Å². The van der Waals surface area contributed by atoms with Gasteiger partial charge in [-0.2, -0.15) is 13.2 Å². The summed E-state index contributed by atoms with van der Waals surface area (Å²) < 4.78 is 36.9. The van der Waals surface area contributed by atoms with Gasteiger partial charge in [-0.05, 0) is 40.5 Å². The minimum Gasteiger partial charge on any atom is -0.333 e. The van der Waals surface area contributed by atoms with Gasteiger partial charge in [0.1, 0.15) is 6.54 Å². The molecule has 0 atom stereocenters. The molecule has 0 heterocycles. The van der Waals surface area contributed by atoms with E-state index in [0.717, 1.165) is 12.6 Å². The minimum atomic E-state index is -4.39. The van der Waals surface area contributed by atoms with Gasteiger partial charge in [0.15, 0.2) is 0 Å². The molecule has 0 saturated heterocycles. The molecule has 0 aliphatic rings. The van der Waals surface area contributed by atoms with Gasteiger partial charge in [-0.15, -0.1) is 0 Å². The van der Waals surface area contributed by atoms with Crippen LogP contribution in [0.25, 0.3) is 0 Å². The Balaban J connectivity index is 2.89. The zero-order valence-corrected chi connectivity index (χ0v) is 10.9. The van der Waals surface area contributed by atoms with Crippen molar-refractivity contribution < 1.29 is 18.0 Å². The van der Waals surface area contributed by atoms with E-state index in [1.807, 2.05) is 6.92 Å². The number of carbonyl (C=O) groups excluding carboxylic acids is 1. The predicted molar refractivity (Wildman–Crippen MR) is 61.9 cm³/mol. The molecule has 0 aromatic heterocycles. The highest BCUT2D eigenvalue weighted by atomic mass is 79.9. The smallest absolute Gasteiger partial charge is 0.333 e. The third kappa shape index (κ3) is 4.03. The lowest BCUT2D eigenvalue weighted by molar-refractivity contribution is -0.138. The molecule has 0 saturated carbocycles. The van der Waals surface area contributed by atoms with E-state index >= 15 is 0 Å². The van der Waals surface area contributed by atoms with Gasteiger partial charge in [0.05, 0.1) is 5.56 Å². The zero-order chi connectivity index (χ0) is 13.2. The van der Waals surface area contributed by atoms with Crippen molar-refractivity contribution in [1.82, 2.24) is 4.90 Å². The molecule has 0 spiro atoms. The lowest BCUT2D eigenvalue weighted by atomic mass is 10.1. The van der Waals surface area contributed by atoms with Gasteiger partial charge >= 0.3 is 6.18 Å². The molecule has 17 heavy (non-hydrogen) atoms. The molecular formula is C11H11BrF3NO. The van der Waals surface area contributed by atoms with Gasteiger partial charge in [-0.3, -0.25) is 4.79 Å². The van der Waals surface area contributed by atoms with Crippen LogP contribution in [-0.2, 0) is 0 Å². The summed E-state index contributed by atoms with van der Waals surface area (Å²) in [4.78, 5) is 12.4. The van der Waals surface area contributed by atoms with E-state index < -0.39 is 18.6 Å². The second-order valence-corrected chi connectivity index (χ2v) is 4.61. The second kappa shape index (κ2) is 5.08. The maximum atomic E-state index is 12.1. The Morgan fingerprint density at radius 1 is 1.41 bits per heavy atom. The Kier molecular flexibility index (Phi) is 4.19. The number of carbonyl (C=O) groups is 1. The molecule has 0 N–H and O–H groups in total. The van der Waals surface area contributed by atoms with Crippen LogP contribution in [0.5, 0.6) is 0 Å². The number of halogens is 4. The molecule has 0 bridgehead atoms. The first-order chi connectivity index (χ1) is 7.70. The Morgan fingerprint density at radius 2 is 2.00 bits per heavy atom. The van der Waals surface area contributed by atoms with Crippen LogP contribution in [0.4, 0.5) is 13.2 Å². The van der Waals surface area contributed by atoms with Crippen LogP contribution in [0.2, 0.25) is 0 Å². The Bertz CT molecular complexity index is 431. The first kappa shape index (κ1) is 14.0. The van der Waals surface area contributed by atoms with Crippen molar-refractivity contribution >= 4 is 21.8 Å². The third-order valence-electron chi connectivity index (χ3n) is 2.12. The summed E-state index contributed by atoms with van der Waals surface area (Å²) in [6, 6.07) is 4.88. The summed E-state index contributed by atoms with van der Waals surface area (Å²) >= 11 is 3.17. The average molecular weight is 310 g/mol. The Morgan fingerprint density at radius 3 is 2.47 bits per heavy atom. The monoisotopic (exact) mass is 309 g/mol. The van der Waals surface area contributed by atoms with Gasteiger partial charge in [0, 0.05) is 11.5 Å². The predicted octanol–water partition coefficient (Wildman–Crippen LogP) is 3.39. The van der Waals surface area contributed by atoms with Crippen molar-refractivity contribution in [2.45, 2.75) is 13.1 Å². The van der Waals surface area contributed by atoms with Gasteiger partial charge in [0.2, 0.25) is 0 Å². The summed E-state index contributed by atoms with van der Waals surface area (Å²) in [5, 5.41) is 0. The largest absolute Gasteiger partial charge is 0.406 e. The molecule has 6 heteroatoms. The molecular weight excluding hydrogens is 299 g/mol. The number of amides is 1. The number of rotatable bonds is 2. The first-order valence-electron chi connectivity index (χ1n) is 4.79. The van der Waals surface area contributed by atoms with Crippen LogP contribution in [0.15, 0.2) is 22.7 Å². The van der Waals surface area contributed by atoms with Crippen molar-refractivity contribution in [3.63, 3.8) is 0 Å². The van der Waals surface area contributed by atoms with E-state index in [4.69, 9.17) is 0 Å². The molecule has 94 valence electrons. The third-order valence-corrected chi connectivity index (χ3v) is 2.77. The lowest BCUT2D eigenvalue weighted by Gasteiger charge is -2.19. The van der Waals surface area contributed by atoms with E-state index in [0.29, 0.717) is 9.37 Å². The first-order valence-corrected chi connectivity index (χ1v) is 5.58. The number of alkyl halides is 3. The second-order valence-electron chi connectivity index (χ2n) is 3.76. The van der Waals surface area contributed by atoms with E-state index in [1.54, 1.807) is 12.1 Å². The Labute approximate surface area is 106 Å². The van der Waals surface area contributed by atoms with Crippen LogP contribution in [0.1, 0.15) is 15.9 Å². The molecule has 0 aliphatic carbocycles. The quantitative estimate of drug-likeness (QED) is 0.820. The molecule has 1 rings (SSSR count). The molecule has 0 unspecified atom stereocenters. The summed E-state index contributed by atoms with van der Waals surface area (Å²) in [5.74, 6) is -0.658. The molecule has 1 aromatic rings. The van der Waals surface area contributed by atoms with Crippen LogP contribution < -0.4 is 0 Å². The van der Waals surface area contributed by atoms with Gasteiger partial charge in [-0.25, -0.2) is 0 Å². The highest BCUT2D eigenvalue weighted by Crippen LogP contribution is 2.22. The SMILES string of the molecule is Cc1ccc(C(=O)N(C)CC(F)(F)F)c(Br)c1. The fourth-order valence-electron chi connectivity index (χ4n) is 1.34. The maximum absolute atomic E-state index is 12.1. The summed E-state index contributed by atoms with van der Waals surface area (Å²) in [6.07, 6.45) is -4.39. The molecule has 0 fully saturated rings. The number of hydrogen-bond donors (Lipinski definition) is 0. The average Bonchev–Trinajstić information content (AvgIpc) is 2.14. The van der Waals surface area contributed by atoms with Crippen LogP contribution in [-0.4, -0.2) is 30.6 Å². The van der Waals surface area contributed by atoms with Crippen molar-refractivity contribution in [1.29, 1.82) is 0 Å². The molecule has 0 aliphatic heterocycles. The molecule has 2 nitrogen and oxygen atoms in total. The number of nitrogens with zero attached hydrogens (tertiary/aromatic N) is 1. The lowest BCUT2D eigenvalue weighted by Crippen LogP contribution is -2.35. The van der Waals surface area contributed by atoms with Crippen LogP contribution >= 0.6 is 15.9 Å². The fourth-order valence-corrected chi connectivity index (χ4v) is 2.00. The van der Waals surface area contributed by atoms with E-state index in [9.17, 15) is 18.0 Å². The number of aryl methyl sites for hydroxylation is 1. The summed E-state index contributed by atoms with van der Waals surface area (Å²) in [6.45, 7) is 0.574.